The second kappa shape index (κ2) is 8.11. The van der Waals surface area contributed by atoms with E-state index in [1.54, 1.807) is 6.92 Å². The number of nitrogens with zero attached hydrogens (tertiary/aromatic N) is 1. The summed E-state index contributed by atoms with van der Waals surface area (Å²) < 4.78 is 11.7. The molecule has 3 rings (SSSR count). The van der Waals surface area contributed by atoms with Gasteiger partial charge in [-0.2, -0.15) is 5.26 Å². The number of nitrogens with two attached hydrogens (primary N) is 1. The molecule has 2 N–H and O–H groups in total. The summed E-state index contributed by atoms with van der Waals surface area (Å²) in [5, 5.41) is 9.62. The predicted molar refractivity (Wildman–Crippen MR) is 104 cm³/mol. The zero-order valence-electron chi connectivity index (χ0n) is 14.6. The van der Waals surface area contributed by atoms with Gasteiger partial charge in [-0.25, -0.2) is 4.79 Å². The first-order valence-electron chi connectivity index (χ1n) is 8.26. The van der Waals surface area contributed by atoms with Crippen LogP contribution in [0.5, 0.6) is 0 Å². The molecule has 1 atom stereocenters. The van der Waals surface area contributed by atoms with E-state index >= 15 is 0 Å². The van der Waals surface area contributed by atoms with Crippen molar-refractivity contribution >= 4 is 21.9 Å². The largest absolute Gasteiger partial charge is 0.457 e. The number of carbonyl (C=O) groups is 1. The van der Waals surface area contributed by atoms with Gasteiger partial charge in [0.1, 0.15) is 24.0 Å². The molecule has 0 bridgehead atoms. The van der Waals surface area contributed by atoms with Crippen LogP contribution in [0.15, 0.2) is 81.9 Å². The normalized spacial score (nSPS) is 16.6. The summed E-state index contributed by atoms with van der Waals surface area (Å²) in [6, 6.07) is 18.8. The first kappa shape index (κ1) is 18.7. The van der Waals surface area contributed by atoms with Crippen LogP contribution in [0.3, 0.4) is 0 Å². The summed E-state index contributed by atoms with van der Waals surface area (Å²) >= 11 is 3.49. The van der Waals surface area contributed by atoms with Gasteiger partial charge in [0.05, 0.1) is 11.5 Å². The molecule has 2 aromatic rings. The van der Waals surface area contributed by atoms with E-state index in [0.29, 0.717) is 5.76 Å². The summed E-state index contributed by atoms with van der Waals surface area (Å²) in [6.45, 7) is 1.77. The van der Waals surface area contributed by atoms with Crippen molar-refractivity contribution in [1.82, 2.24) is 0 Å². The maximum absolute atomic E-state index is 12.9. The van der Waals surface area contributed by atoms with Crippen molar-refractivity contribution in [2.45, 2.75) is 19.4 Å². The molecule has 0 aromatic heterocycles. The Morgan fingerprint density at radius 2 is 1.89 bits per heavy atom. The Morgan fingerprint density at radius 3 is 2.56 bits per heavy atom. The highest BCUT2D eigenvalue weighted by molar-refractivity contribution is 9.10. The molecule has 1 unspecified atom stereocenters. The highest BCUT2D eigenvalue weighted by Crippen LogP contribution is 2.42. The molecule has 0 aliphatic carbocycles. The van der Waals surface area contributed by atoms with Gasteiger partial charge in [0.2, 0.25) is 5.88 Å². The van der Waals surface area contributed by atoms with E-state index in [1.807, 2.05) is 54.6 Å². The first-order chi connectivity index (χ1) is 13.0. The molecule has 5 nitrogen and oxygen atoms in total. The van der Waals surface area contributed by atoms with E-state index in [4.69, 9.17) is 15.2 Å². The van der Waals surface area contributed by atoms with Gasteiger partial charge in [-0.3, -0.25) is 0 Å². The van der Waals surface area contributed by atoms with Crippen LogP contribution in [0, 0.1) is 11.3 Å². The molecule has 1 heterocycles. The standard InChI is InChI=1S/C21H17BrN2O3/c1-13-18(21(25)26-12-14-7-3-2-4-8-14)19(16(11-23)20(24)27-13)15-9-5-6-10-17(15)22/h2-10,19H,12,24H2,1H3. The van der Waals surface area contributed by atoms with Gasteiger partial charge in [0.25, 0.3) is 0 Å². The molecule has 0 saturated heterocycles. The smallest absolute Gasteiger partial charge is 0.338 e. The minimum atomic E-state index is -0.664. The van der Waals surface area contributed by atoms with Crippen LogP contribution in [0.25, 0.3) is 0 Å². The quantitative estimate of drug-likeness (QED) is 0.740. The van der Waals surface area contributed by atoms with Gasteiger partial charge >= 0.3 is 5.97 Å². The molecular formula is C21H17BrN2O3. The van der Waals surface area contributed by atoms with Gasteiger partial charge in [0.15, 0.2) is 0 Å². The van der Waals surface area contributed by atoms with Crippen LogP contribution in [0.1, 0.15) is 24.0 Å². The number of rotatable bonds is 4. The number of benzene rings is 2. The van der Waals surface area contributed by atoms with Crippen LogP contribution in [-0.4, -0.2) is 5.97 Å². The average Bonchev–Trinajstić information content (AvgIpc) is 2.67. The fraction of sp³-hybridized carbons (Fsp3) is 0.143. The van der Waals surface area contributed by atoms with Gasteiger partial charge < -0.3 is 15.2 Å². The SMILES string of the molecule is CC1=C(C(=O)OCc2ccccc2)C(c2ccccc2Br)C(C#N)=C(N)O1. The lowest BCUT2D eigenvalue weighted by Crippen LogP contribution is -2.25. The van der Waals surface area contributed by atoms with Gasteiger partial charge in [0, 0.05) is 4.47 Å². The molecule has 0 spiro atoms. The molecule has 2 aromatic carbocycles. The third kappa shape index (κ3) is 3.88. The highest BCUT2D eigenvalue weighted by atomic mass is 79.9. The highest BCUT2D eigenvalue weighted by Gasteiger charge is 2.37. The van der Waals surface area contributed by atoms with Gasteiger partial charge in [-0.05, 0) is 24.1 Å². The summed E-state index contributed by atoms with van der Waals surface area (Å²) in [5.74, 6) is -0.888. The summed E-state index contributed by atoms with van der Waals surface area (Å²) in [7, 11) is 0. The second-order valence-electron chi connectivity index (χ2n) is 5.98. The van der Waals surface area contributed by atoms with Crippen LogP contribution >= 0.6 is 15.9 Å². The van der Waals surface area contributed by atoms with E-state index in [0.717, 1.165) is 15.6 Å². The Hall–Kier alpha value is -3.04. The fourth-order valence-corrected chi connectivity index (χ4v) is 3.48. The molecule has 6 heteroatoms. The average molecular weight is 425 g/mol. The van der Waals surface area contributed by atoms with Crippen molar-refractivity contribution in [3.63, 3.8) is 0 Å². The molecule has 0 radical (unpaired) electrons. The molecule has 0 amide bonds. The topological polar surface area (TPSA) is 85.3 Å². The number of hydrogen-bond acceptors (Lipinski definition) is 5. The van der Waals surface area contributed by atoms with Crippen molar-refractivity contribution in [3.05, 3.63) is 93.0 Å². The zero-order chi connectivity index (χ0) is 19.4. The molecule has 27 heavy (non-hydrogen) atoms. The minimum absolute atomic E-state index is 0.00429. The number of hydrogen-bond donors (Lipinski definition) is 1. The Balaban J connectivity index is 1.98. The Morgan fingerprint density at radius 1 is 1.22 bits per heavy atom. The lowest BCUT2D eigenvalue weighted by atomic mass is 9.83. The van der Waals surface area contributed by atoms with E-state index in [1.165, 1.54) is 0 Å². The Bertz CT molecular complexity index is 974. The maximum atomic E-state index is 12.9. The molecule has 1 aliphatic heterocycles. The molecule has 0 fully saturated rings. The summed E-state index contributed by atoms with van der Waals surface area (Å²) in [6.07, 6.45) is 0. The van der Waals surface area contributed by atoms with Crippen LogP contribution in [0.4, 0.5) is 0 Å². The number of ether oxygens (including phenoxy) is 2. The Labute approximate surface area is 165 Å². The second-order valence-corrected chi connectivity index (χ2v) is 6.83. The van der Waals surface area contributed by atoms with Crippen molar-refractivity contribution in [3.8, 4) is 6.07 Å². The van der Waals surface area contributed by atoms with Crippen LogP contribution < -0.4 is 5.73 Å². The van der Waals surface area contributed by atoms with Crippen molar-refractivity contribution in [2.75, 3.05) is 0 Å². The monoisotopic (exact) mass is 424 g/mol. The van der Waals surface area contributed by atoms with Crippen molar-refractivity contribution in [1.29, 1.82) is 5.26 Å². The lowest BCUT2D eigenvalue weighted by molar-refractivity contribution is -0.140. The lowest BCUT2D eigenvalue weighted by Gasteiger charge is -2.27. The number of halogens is 1. The minimum Gasteiger partial charge on any atom is -0.457 e. The van der Waals surface area contributed by atoms with Crippen LogP contribution in [0.2, 0.25) is 0 Å². The van der Waals surface area contributed by atoms with Crippen molar-refractivity contribution in [2.24, 2.45) is 5.73 Å². The van der Waals surface area contributed by atoms with E-state index < -0.39 is 11.9 Å². The molecular weight excluding hydrogens is 408 g/mol. The summed E-state index contributed by atoms with van der Waals surface area (Å²) in [4.78, 5) is 12.9. The number of esters is 1. The van der Waals surface area contributed by atoms with Crippen LogP contribution in [-0.2, 0) is 20.9 Å². The number of carbonyl (C=O) groups excluding carboxylic acids is 1. The third-order valence-electron chi connectivity index (χ3n) is 4.25. The maximum Gasteiger partial charge on any atom is 0.338 e. The molecule has 136 valence electrons. The van der Waals surface area contributed by atoms with Crippen molar-refractivity contribution < 1.29 is 14.3 Å². The summed E-state index contributed by atoms with van der Waals surface area (Å²) in [5.41, 5.74) is 7.98. The first-order valence-corrected chi connectivity index (χ1v) is 9.06. The van der Waals surface area contributed by atoms with Gasteiger partial charge in [-0.15, -0.1) is 0 Å². The number of nitriles is 1. The fourth-order valence-electron chi connectivity index (χ4n) is 2.97. The molecule has 1 aliphatic rings. The third-order valence-corrected chi connectivity index (χ3v) is 4.98. The number of allylic oxidation sites excluding steroid dienone is 2. The predicted octanol–water partition coefficient (Wildman–Crippen LogP) is 4.27. The Kier molecular flexibility index (Phi) is 5.63. The molecule has 0 saturated carbocycles. The van der Waals surface area contributed by atoms with Gasteiger partial charge in [-0.1, -0.05) is 64.5 Å². The zero-order valence-corrected chi connectivity index (χ0v) is 16.2. The van der Waals surface area contributed by atoms with E-state index in [2.05, 4.69) is 22.0 Å². The van der Waals surface area contributed by atoms with E-state index in [-0.39, 0.29) is 23.6 Å². The van der Waals surface area contributed by atoms with E-state index in [9.17, 15) is 10.1 Å².